The fraction of sp³-hybridized carbons (Fsp3) is 0.222. The van der Waals surface area contributed by atoms with Crippen LogP contribution in [0.5, 0.6) is 0 Å². The Bertz CT molecular complexity index is 958. The van der Waals surface area contributed by atoms with Crippen molar-refractivity contribution in [3.8, 4) is 0 Å². The molecule has 2 aromatic carbocycles. The lowest BCUT2D eigenvalue weighted by Crippen LogP contribution is -1.99. The molecule has 2 nitrogen and oxygen atoms in total. The number of H-pyrrole nitrogens is 1. The van der Waals surface area contributed by atoms with Gasteiger partial charge in [0, 0.05) is 27.4 Å². The summed E-state index contributed by atoms with van der Waals surface area (Å²) in [7, 11) is 0. The third-order valence-corrected chi connectivity index (χ3v) is 4.60. The number of hydrogen-bond donors (Lipinski definition) is 1. The maximum atomic E-state index is 6.01. The second kappa shape index (κ2) is 3.66. The van der Waals surface area contributed by atoms with Crippen molar-refractivity contribution in [2.75, 3.05) is 0 Å². The fourth-order valence-corrected chi connectivity index (χ4v) is 3.63. The van der Waals surface area contributed by atoms with E-state index in [9.17, 15) is 0 Å². The molecule has 4 aromatic rings. The highest BCUT2D eigenvalue weighted by Crippen LogP contribution is 2.35. The zero-order valence-corrected chi connectivity index (χ0v) is 11.2. The van der Waals surface area contributed by atoms with E-state index in [4.69, 9.17) is 4.42 Å². The van der Waals surface area contributed by atoms with Crippen molar-refractivity contribution in [2.24, 2.45) is 0 Å². The lowest BCUT2D eigenvalue weighted by molar-refractivity contribution is 0.669. The third-order valence-electron chi connectivity index (χ3n) is 4.60. The molecule has 0 saturated carbocycles. The molecular formula is C18H15NO. The normalized spacial score (nSPS) is 15.2. The molecule has 1 aliphatic rings. The van der Waals surface area contributed by atoms with E-state index in [0.29, 0.717) is 0 Å². The largest absolute Gasteiger partial charge is 0.456 e. The first-order chi connectivity index (χ1) is 9.90. The summed E-state index contributed by atoms with van der Waals surface area (Å²) in [5.74, 6) is 0. The van der Waals surface area contributed by atoms with Gasteiger partial charge in [-0.3, -0.25) is 0 Å². The van der Waals surface area contributed by atoms with Crippen molar-refractivity contribution in [3.05, 3.63) is 47.7 Å². The van der Waals surface area contributed by atoms with Gasteiger partial charge in [-0.05, 0) is 49.4 Å². The smallest absolute Gasteiger partial charge is 0.136 e. The topological polar surface area (TPSA) is 28.9 Å². The predicted octanol–water partition coefficient (Wildman–Crippen LogP) is 4.95. The molecule has 0 saturated heterocycles. The first kappa shape index (κ1) is 10.6. The van der Waals surface area contributed by atoms with Crippen LogP contribution in [-0.2, 0) is 12.8 Å². The minimum absolute atomic E-state index is 0.976. The van der Waals surface area contributed by atoms with Crippen molar-refractivity contribution >= 4 is 32.8 Å². The van der Waals surface area contributed by atoms with E-state index >= 15 is 0 Å². The number of fused-ring (bicyclic) bond motifs is 6. The Morgan fingerprint density at radius 2 is 1.75 bits per heavy atom. The zero-order valence-electron chi connectivity index (χ0n) is 11.2. The number of aromatic nitrogens is 1. The van der Waals surface area contributed by atoms with Gasteiger partial charge in [-0.2, -0.15) is 0 Å². The number of para-hydroxylation sites is 1. The maximum absolute atomic E-state index is 6.01. The highest BCUT2D eigenvalue weighted by molar-refractivity contribution is 6.10. The van der Waals surface area contributed by atoms with Crippen LogP contribution in [0.15, 0.2) is 40.8 Å². The summed E-state index contributed by atoms with van der Waals surface area (Å²) in [5.41, 5.74) is 6.18. The van der Waals surface area contributed by atoms with Crippen LogP contribution in [-0.4, -0.2) is 4.98 Å². The van der Waals surface area contributed by atoms with Crippen molar-refractivity contribution in [1.82, 2.24) is 4.98 Å². The summed E-state index contributed by atoms with van der Waals surface area (Å²) in [4.78, 5) is 3.62. The van der Waals surface area contributed by atoms with Gasteiger partial charge in [0.1, 0.15) is 11.2 Å². The number of aryl methyl sites for hydroxylation is 2. The standard InChI is InChI=1S/C18H15NO/c1-3-7-15-11(5-1)13-10-18-14(9-16(13)19-15)12-6-2-4-8-17(12)20-18/h2,4,6,8-10,19H,1,3,5,7H2. The Morgan fingerprint density at radius 1 is 0.850 bits per heavy atom. The summed E-state index contributed by atoms with van der Waals surface area (Å²) in [6, 6.07) is 12.8. The Balaban J connectivity index is 1.93. The Kier molecular flexibility index (Phi) is 1.93. The zero-order chi connectivity index (χ0) is 13.1. The van der Waals surface area contributed by atoms with Gasteiger partial charge in [-0.15, -0.1) is 0 Å². The first-order valence-electron chi connectivity index (χ1n) is 7.35. The van der Waals surface area contributed by atoms with Crippen molar-refractivity contribution in [1.29, 1.82) is 0 Å². The van der Waals surface area contributed by atoms with Gasteiger partial charge in [0.2, 0.25) is 0 Å². The minimum atomic E-state index is 0.976. The number of hydrogen-bond acceptors (Lipinski definition) is 1. The Morgan fingerprint density at radius 3 is 2.75 bits per heavy atom. The van der Waals surface area contributed by atoms with Gasteiger partial charge in [-0.25, -0.2) is 0 Å². The van der Waals surface area contributed by atoms with Crippen LogP contribution in [0, 0.1) is 0 Å². The molecule has 0 fully saturated rings. The summed E-state index contributed by atoms with van der Waals surface area (Å²) < 4.78 is 6.01. The van der Waals surface area contributed by atoms with Gasteiger partial charge in [0.05, 0.1) is 0 Å². The van der Waals surface area contributed by atoms with Crippen LogP contribution in [0.2, 0.25) is 0 Å². The molecule has 0 aliphatic heterocycles. The number of rotatable bonds is 0. The van der Waals surface area contributed by atoms with Crippen LogP contribution < -0.4 is 0 Å². The lowest BCUT2D eigenvalue weighted by Gasteiger charge is -2.10. The highest BCUT2D eigenvalue weighted by Gasteiger charge is 2.17. The molecule has 20 heavy (non-hydrogen) atoms. The Labute approximate surface area is 116 Å². The first-order valence-corrected chi connectivity index (χ1v) is 7.35. The van der Waals surface area contributed by atoms with Crippen LogP contribution in [0.3, 0.4) is 0 Å². The fourth-order valence-electron chi connectivity index (χ4n) is 3.63. The molecule has 1 N–H and O–H groups in total. The molecule has 0 radical (unpaired) electrons. The minimum Gasteiger partial charge on any atom is -0.456 e. The van der Waals surface area contributed by atoms with Gasteiger partial charge in [0.15, 0.2) is 0 Å². The summed E-state index contributed by atoms with van der Waals surface area (Å²) in [6.45, 7) is 0. The number of furan rings is 1. The van der Waals surface area contributed by atoms with E-state index < -0.39 is 0 Å². The van der Waals surface area contributed by atoms with Crippen LogP contribution in [0.4, 0.5) is 0 Å². The quantitative estimate of drug-likeness (QED) is 0.477. The summed E-state index contributed by atoms with van der Waals surface area (Å²) in [6.07, 6.45) is 4.99. The molecule has 0 bridgehead atoms. The van der Waals surface area contributed by atoms with E-state index in [-0.39, 0.29) is 0 Å². The van der Waals surface area contributed by atoms with E-state index in [2.05, 4.69) is 29.2 Å². The molecule has 0 atom stereocenters. The average Bonchev–Trinajstić information content (AvgIpc) is 3.02. The number of aromatic amines is 1. The van der Waals surface area contributed by atoms with Gasteiger partial charge in [0.25, 0.3) is 0 Å². The molecule has 98 valence electrons. The monoisotopic (exact) mass is 261 g/mol. The molecule has 2 heteroatoms. The van der Waals surface area contributed by atoms with E-state index in [1.165, 1.54) is 58.6 Å². The van der Waals surface area contributed by atoms with Gasteiger partial charge >= 0.3 is 0 Å². The van der Waals surface area contributed by atoms with E-state index in [1.807, 2.05) is 12.1 Å². The van der Waals surface area contributed by atoms with Crippen LogP contribution in [0.1, 0.15) is 24.1 Å². The van der Waals surface area contributed by atoms with E-state index in [1.54, 1.807) is 0 Å². The molecular weight excluding hydrogens is 246 g/mol. The Hall–Kier alpha value is -2.22. The molecule has 2 heterocycles. The summed E-state index contributed by atoms with van der Waals surface area (Å²) in [5, 5.41) is 3.77. The van der Waals surface area contributed by atoms with Crippen LogP contribution >= 0.6 is 0 Å². The molecule has 5 rings (SSSR count). The van der Waals surface area contributed by atoms with Crippen molar-refractivity contribution in [2.45, 2.75) is 25.7 Å². The predicted molar refractivity (Wildman–Crippen MR) is 82.2 cm³/mol. The molecule has 0 unspecified atom stereocenters. The molecule has 2 aromatic heterocycles. The van der Waals surface area contributed by atoms with Gasteiger partial charge < -0.3 is 9.40 Å². The second-order valence-electron chi connectivity index (χ2n) is 5.78. The van der Waals surface area contributed by atoms with Gasteiger partial charge in [-0.1, -0.05) is 18.2 Å². The maximum Gasteiger partial charge on any atom is 0.136 e. The van der Waals surface area contributed by atoms with E-state index in [0.717, 1.165) is 11.2 Å². The molecule has 0 amide bonds. The number of nitrogens with one attached hydrogen (secondary N) is 1. The van der Waals surface area contributed by atoms with Crippen molar-refractivity contribution in [3.63, 3.8) is 0 Å². The SMILES string of the molecule is c1ccc2c(c1)oc1cc3c4c([nH]c3cc12)CCCC4. The average molecular weight is 261 g/mol. The molecule has 0 spiro atoms. The van der Waals surface area contributed by atoms with Crippen LogP contribution in [0.25, 0.3) is 32.8 Å². The van der Waals surface area contributed by atoms with Crippen molar-refractivity contribution < 1.29 is 4.42 Å². The highest BCUT2D eigenvalue weighted by atomic mass is 16.3. The summed E-state index contributed by atoms with van der Waals surface area (Å²) >= 11 is 0. The third kappa shape index (κ3) is 1.29. The second-order valence-corrected chi connectivity index (χ2v) is 5.78. The molecule has 1 aliphatic carbocycles. The lowest BCUT2D eigenvalue weighted by atomic mass is 9.95. The number of benzene rings is 2.